The summed E-state index contributed by atoms with van der Waals surface area (Å²) in [6.45, 7) is 4.73. The van der Waals surface area contributed by atoms with E-state index in [2.05, 4.69) is 10.6 Å². The first-order valence-electron chi connectivity index (χ1n) is 6.83. The molecule has 1 aliphatic rings. The second-order valence-electron chi connectivity index (χ2n) is 5.70. The van der Waals surface area contributed by atoms with Crippen LogP contribution in [0.2, 0.25) is 0 Å². The Morgan fingerprint density at radius 1 is 1.36 bits per heavy atom. The average molecular weight is 305 g/mol. The highest BCUT2D eigenvalue weighted by Gasteiger charge is 2.44. The molecule has 2 rings (SSSR count). The van der Waals surface area contributed by atoms with E-state index in [9.17, 15) is 14.4 Å². The van der Waals surface area contributed by atoms with Crippen LogP contribution in [-0.2, 0) is 9.59 Å². The molecule has 22 heavy (non-hydrogen) atoms. The number of nitrogens with one attached hydrogen (secondary N) is 2. The van der Waals surface area contributed by atoms with E-state index in [-0.39, 0.29) is 6.54 Å². The number of carbonyl (C=O) groups excluding carboxylic acids is 3. The van der Waals surface area contributed by atoms with Gasteiger partial charge in [0.2, 0.25) is 5.91 Å². The van der Waals surface area contributed by atoms with Gasteiger partial charge < -0.3 is 15.4 Å². The van der Waals surface area contributed by atoms with Crippen LogP contribution in [0.5, 0.6) is 5.75 Å². The number of hydrogen-bond donors (Lipinski definition) is 2. The number of carbonyl (C=O) groups is 3. The molecular weight excluding hydrogens is 286 g/mol. The van der Waals surface area contributed by atoms with E-state index >= 15 is 0 Å². The maximum atomic E-state index is 12.1. The molecule has 1 saturated heterocycles. The van der Waals surface area contributed by atoms with Crippen molar-refractivity contribution in [3.63, 3.8) is 0 Å². The fourth-order valence-electron chi connectivity index (χ4n) is 2.21. The number of ether oxygens (including phenoxy) is 1. The van der Waals surface area contributed by atoms with Crippen molar-refractivity contribution in [2.45, 2.75) is 26.3 Å². The minimum Gasteiger partial charge on any atom is -0.495 e. The number of hydrogen-bond acceptors (Lipinski definition) is 4. The minimum atomic E-state index is -0.988. The molecule has 0 aromatic heterocycles. The molecule has 4 amide bonds. The molecule has 1 aliphatic heterocycles. The Labute approximate surface area is 128 Å². The van der Waals surface area contributed by atoms with Crippen LogP contribution in [0.4, 0.5) is 10.5 Å². The van der Waals surface area contributed by atoms with E-state index in [1.165, 1.54) is 7.11 Å². The molecule has 0 spiro atoms. The van der Waals surface area contributed by atoms with Crippen LogP contribution in [0.3, 0.4) is 0 Å². The Morgan fingerprint density at radius 3 is 2.59 bits per heavy atom. The van der Waals surface area contributed by atoms with Gasteiger partial charge in [0.05, 0.1) is 12.8 Å². The van der Waals surface area contributed by atoms with Crippen LogP contribution < -0.4 is 15.4 Å². The largest absolute Gasteiger partial charge is 0.495 e. The lowest BCUT2D eigenvalue weighted by molar-refractivity contribution is -0.132. The van der Waals surface area contributed by atoms with Crippen molar-refractivity contribution in [3.05, 3.63) is 23.8 Å². The Morgan fingerprint density at radius 2 is 2.05 bits per heavy atom. The number of imide groups is 1. The molecule has 7 heteroatoms. The predicted molar refractivity (Wildman–Crippen MR) is 80.7 cm³/mol. The zero-order chi connectivity index (χ0) is 16.5. The number of benzene rings is 1. The molecule has 1 heterocycles. The molecule has 118 valence electrons. The zero-order valence-electron chi connectivity index (χ0n) is 13.0. The van der Waals surface area contributed by atoms with Gasteiger partial charge in [0.25, 0.3) is 5.91 Å². The molecule has 7 nitrogen and oxygen atoms in total. The summed E-state index contributed by atoms with van der Waals surface area (Å²) in [5, 5.41) is 5.19. The quantitative estimate of drug-likeness (QED) is 0.820. The van der Waals surface area contributed by atoms with Gasteiger partial charge >= 0.3 is 6.03 Å². The van der Waals surface area contributed by atoms with Gasteiger partial charge in [0, 0.05) is 0 Å². The van der Waals surface area contributed by atoms with Crippen molar-refractivity contribution in [1.29, 1.82) is 0 Å². The summed E-state index contributed by atoms with van der Waals surface area (Å²) >= 11 is 0. The molecule has 0 saturated carbocycles. The summed E-state index contributed by atoms with van der Waals surface area (Å²) in [6, 6.07) is 4.78. The van der Waals surface area contributed by atoms with Gasteiger partial charge in [0.1, 0.15) is 17.8 Å². The SMILES string of the molecule is COc1ccc(C)cc1NC(=O)CN1C(=O)NC(C)(C)C1=O. The molecule has 1 fully saturated rings. The third-order valence-corrected chi connectivity index (χ3v) is 3.38. The second kappa shape index (κ2) is 5.67. The molecule has 0 aliphatic carbocycles. The maximum Gasteiger partial charge on any atom is 0.325 e. The summed E-state index contributed by atoms with van der Waals surface area (Å²) in [5.41, 5.74) is 0.462. The summed E-state index contributed by atoms with van der Waals surface area (Å²) in [6.07, 6.45) is 0. The molecule has 0 bridgehead atoms. The van der Waals surface area contributed by atoms with Crippen LogP contribution in [0, 0.1) is 6.92 Å². The van der Waals surface area contributed by atoms with Crippen molar-refractivity contribution in [3.8, 4) is 5.75 Å². The number of amides is 4. The number of anilines is 1. The molecular formula is C15H19N3O4. The Hall–Kier alpha value is -2.57. The lowest BCUT2D eigenvalue weighted by Crippen LogP contribution is -2.41. The third-order valence-electron chi connectivity index (χ3n) is 3.38. The second-order valence-corrected chi connectivity index (χ2v) is 5.70. The fraction of sp³-hybridized carbons (Fsp3) is 0.400. The van der Waals surface area contributed by atoms with Gasteiger partial charge in [-0.2, -0.15) is 0 Å². The highest BCUT2D eigenvalue weighted by Crippen LogP contribution is 2.25. The first-order chi connectivity index (χ1) is 10.2. The number of nitrogens with zero attached hydrogens (tertiary/aromatic N) is 1. The molecule has 0 atom stereocenters. The summed E-state index contributed by atoms with van der Waals surface area (Å²) in [7, 11) is 1.50. The standard InChI is InChI=1S/C15H19N3O4/c1-9-5-6-11(22-4)10(7-9)16-12(19)8-18-13(20)15(2,3)17-14(18)21/h5-7H,8H2,1-4H3,(H,16,19)(H,17,21). The van der Waals surface area contributed by atoms with Gasteiger partial charge in [-0.1, -0.05) is 6.07 Å². The monoisotopic (exact) mass is 305 g/mol. The Balaban J connectivity index is 2.10. The number of rotatable bonds is 4. The van der Waals surface area contributed by atoms with E-state index < -0.39 is 23.4 Å². The number of aryl methyl sites for hydroxylation is 1. The number of urea groups is 1. The number of methoxy groups -OCH3 is 1. The average Bonchev–Trinajstić information content (AvgIpc) is 2.61. The van der Waals surface area contributed by atoms with Crippen molar-refractivity contribution in [2.24, 2.45) is 0 Å². The van der Waals surface area contributed by atoms with Crippen LogP contribution in [0.25, 0.3) is 0 Å². The molecule has 1 aromatic carbocycles. The summed E-state index contributed by atoms with van der Waals surface area (Å²) in [5.74, 6) is -0.384. The van der Waals surface area contributed by atoms with E-state index in [0.29, 0.717) is 11.4 Å². The van der Waals surface area contributed by atoms with Crippen molar-refractivity contribution in [2.75, 3.05) is 19.0 Å². The Bertz CT molecular complexity index is 640. The lowest BCUT2D eigenvalue weighted by atomic mass is 10.1. The minimum absolute atomic E-state index is 0.342. The summed E-state index contributed by atoms with van der Waals surface area (Å²) < 4.78 is 5.17. The maximum absolute atomic E-state index is 12.1. The van der Waals surface area contributed by atoms with E-state index in [4.69, 9.17) is 4.74 Å². The van der Waals surface area contributed by atoms with Gasteiger partial charge in [0.15, 0.2) is 0 Å². The van der Waals surface area contributed by atoms with Gasteiger partial charge in [-0.05, 0) is 38.5 Å². The fourth-order valence-corrected chi connectivity index (χ4v) is 2.21. The summed E-state index contributed by atoms with van der Waals surface area (Å²) in [4.78, 5) is 36.8. The van der Waals surface area contributed by atoms with Gasteiger partial charge in [-0.15, -0.1) is 0 Å². The zero-order valence-corrected chi connectivity index (χ0v) is 13.0. The van der Waals surface area contributed by atoms with Crippen LogP contribution in [0.15, 0.2) is 18.2 Å². The molecule has 1 aromatic rings. The first kappa shape index (κ1) is 15.8. The van der Waals surface area contributed by atoms with Crippen molar-refractivity contribution >= 4 is 23.5 Å². The molecule has 0 unspecified atom stereocenters. The topological polar surface area (TPSA) is 87.7 Å². The van der Waals surface area contributed by atoms with E-state index in [1.807, 2.05) is 13.0 Å². The van der Waals surface area contributed by atoms with E-state index in [1.54, 1.807) is 26.0 Å². The van der Waals surface area contributed by atoms with Crippen molar-refractivity contribution in [1.82, 2.24) is 10.2 Å². The highest BCUT2D eigenvalue weighted by molar-refractivity contribution is 6.09. The van der Waals surface area contributed by atoms with Gasteiger partial charge in [-0.3, -0.25) is 14.5 Å². The third kappa shape index (κ3) is 3.03. The first-order valence-corrected chi connectivity index (χ1v) is 6.83. The normalized spacial score (nSPS) is 16.5. The molecule has 2 N–H and O–H groups in total. The Kier molecular flexibility index (Phi) is 4.07. The van der Waals surface area contributed by atoms with Crippen LogP contribution >= 0.6 is 0 Å². The van der Waals surface area contributed by atoms with Crippen LogP contribution in [0.1, 0.15) is 19.4 Å². The van der Waals surface area contributed by atoms with Gasteiger partial charge in [-0.25, -0.2) is 4.79 Å². The van der Waals surface area contributed by atoms with E-state index in [0.717, 1.165) is 10.5 Å². The molecule has 0 radical (unpaired) electrons. The lowest BCUT2D eigenvalue weighted by Gasteiger charge is -2.16. The highest BCUT2D eigenvalue weighted by atomic mass is 16.5. The smallest absolute Gasteiger partial charge is 0.325 e. The van der Waals surface area contributed by atoms with Crippen molar-refractivity contribution < 1.29 is 19.1 Å². The van der Waals surface area contributed by atoms with Crippen LogP contribution in [-0.4, -0.2) is 41.9 Å². The predicted octanol–water partition coefficient (Wildman–Crippen LogP) is 1.27.